The zero-order valence-electron chi connectivity index (χ0n) is 16.4. The monoisotopic (exact) mass is 522 g/mol. The minimum Gasteiger partial charge on any atom is -0.496 e. The van der Waals surface area contributed by atoms with Gasteiger partial charge in [0.15, 0.2) is 0 Å². The van der Waals surface area contributed by atoms with Crippen molar-refractivity contribution in [2.75, 3.05) is 11.8 Å². The zero-order valence-corrected chi connectivity index (χ0v) is 18.7. The highest BCUT2D eigenvalue weighted by Gasteiger charge is 2.34. The van der Waals surface area contributed by atoms with Gasteiger partial charge < -0.3 is 4.74 Å². The van der Waals surface area contributed by atoms with E-state index in [1.165, 1.54) is 13.2 Å². The second-order valence-corrected chi connectivity index (χ2v) is 8.99. The molecule has 33 heavy (non-hydrogen) atoms. The predicted molar refractivity (Wildman–Crippen MR) is 113 cm³/mol. The van der Waals surface area contributed by atoms with Crippen molar-refractivity contribution < 1.29 is 35.5 Å². The van der Waals surface area contributed by atoms with Crippen LogP contribution in [0.15, 0.2) is 53.6 Å². The number of nitrogens with one attached hydrogen (secondary N) is 1. The number of hydrogen-bond acceptors (Lipinski definition) is 5. The summed E-state index contributed by atoms with van der Waals surface area (Å²) in [4.78, 5) is 16.2. The lowest BCUT2D eigenvalue weighted by atomic mass is 10.1. The fraction of sp³-hybridized carbons (Fsp3) is 0.100. The SMILES string of the molecule is COc1ccc(F)cc1C(=O)c1ncc(Cl)cc1NS(=O)(=O)c1ccc(C(F)(F)F)c(Cl)c1. The third-order valence-corrected chi connectivity index (χ3v) is 6.16. The molecule has 0 spiro atoms. The summed E-state index contributed by atoms with van der Waals surface area (Å²) in [7, 11) is -3.29. The molecule has 174 valence electrons. The van der Waals surface area contributed by atoms with Crippen LogP contribution < -0.4 is 9.46 Å². The van der Waals surface area contributed by atoms with Crippen molar-refractivity contribution in [3.8, 4) is 5.75 Å². The summed E-state index contributed by atoms with van der Waals surface area (Å²) in [6, 6.07) is 6.03. The van der Waals surface area contributed by atoms with Crippen LogP contribution in [0.5, 0.6) is 5.75 Å². The first-order chi connectivity index (χ1) is 15.3. The van der Waals surface area contributed by atoms with Gasteiger partial charge >= 0.3 is 6.18 Å². The van der Waals surface area contributed by atoms with Crippen LogP contribution in [-0.4, -0.2) is 26.3 Å². The summed E-state index contributed by atoms with van der Waals surface area (Å²) >= 11 is 11.5. The molecule has 3 rings (SSSR count). The van der Waals surface area contributed by atoms with Crippen LogP contribution in [0.1, 0.15) is 21.6 Å². The van der Waals surface area contributed by atoms with E-state index in [1.54, 1.807) is 0 Å². The van der Waals surface area contributed by atoms with E-state index < -0.39 is 54.7 Å². The number of benzene rings is 2. The Balaban J connectivity index is 2.05. The number of sulfonamides is 1. The number of hydrogen-bond donors (Lipinski definition) is 1. The molecule has 0 atom stereocenters. The third-order valence-electron chi connectivity index (χ3n) is 4.28. The van der Waals surface area contributed by atoms with Gasteiger partial charge in [-0.15, -0.1) is 0 Å². The Hall–Kier alpha value is -2.89. The normalized spacial score (nSPS) is 11.8. The Morgan fingerprint density at radius 1 is 1.09 bits per heavy atom. The molecule has 0 aliphatic rings. The summed E-state index contributed by atoms with van der Waals surface area (Å²) < 4.78 is 85.2. The smallest absolute Gasteiger partial charge is 0.417 e. The molecule has 0 aliphatic carbocycles. The standard InChI is InChI=1S/C20H12Cl2F4N2O4S/c1-32-17-5-2-11(23)7-13(17)19(29)18-16(6-10(21)9-27-18)28-33(30,31)12-3-4-14(15(22)8-12)20(24,25)26/h2-9,28H,1H3. The first-order valence-electron chi connectivity index (χ1n) is 8.77. The summed E-state index contributed by atoms with van der Waals surface area (Å²) in [6.45, 7) is 0. The van der Waals surface area contributed by atoms with Gasteiger partial charge in [-0.1, -0.05) is 23.2 Å². The van der Waals surface area contributed by atoms with Crippen molar-refractivity contribution in [1.29, 1.82) is 0 Å². The van der Waals surface area contributed by atoms with Crippen LogP contribution in [0, 0.1) is 5.82 Å². The average molecular weight is 523 g/mol. The minimum absolute atomic E-state index is 0.00137. The number of carbonyl (C=O) groups is 1. The van der Waals surface area contributed by atoms with Crippen molar-refractivity contribution in [1.82, 2.24) is 4.98 Å². The Kier molecular flexibility index (Phi) is 6.87. The molecule has 0 unspecified atom stereocenters. The maximum atomic E-state index is 13.7. The molecule has 6 nitrogen and oxygen atoms in total. The Morgan fingerprint density at radius 2 is 1.79 bits per heavy atom. The van der Waals surface area contributed by atoms with Crippen LogP contribution in [0.4, 0.5) is 23.2 Å². The van der Waals surface area contributed by atoms with E-state index in [9.17, 15) is 30.8 Å². The molecule has 1 heterocycles. The molecule has 13 heteroatoms. The second-order valence-electron chi connectivity index (χ2n) is 6.47. The summed E-state index contributed by atoms with van der Waals surface area (Å²) in [5.74, 6) is -1.65. The first kappa shape index (κ1) is 24.7. The highest BCUT2D eigenvalue weighted by Crippen LogP contribution is 2.36. The van der Waals surface area contributed by atoms with Gasteiger partial charge in [0.05, 0.1) is 38.9 Å². The fourth-order valence-corrected chi connectivity index (χ4v) is 4.37. The molecular formula is C20H12Cl2F4N2O4S. The average Bonchev–Trinajstić information content (AvgIpc) is 2.72. The first-order valence-corrected chi connectivity index (χ1v) is 11.0. The van der Waals surface area contributed by atoms with E-state index in [4.69, 9.17) is 27.9 Å². The molecule has 0 saturated carbocycles. The van der Waals surface area contributed by atoms with Crippen molar-refractivity contribution in [2.45, 2.75) is 11.1 Å². The lowest BCUT2D eigenvalue weighted by Crippen LogP contribution is -2.18. The Bertz CT molecular complexity index is 1350. The van der Waals surface area contributed by atoms with Gasteiger partial charge in [0.2, 0.25) is 5.78 Å². The number of anilines is 1. The summed E-state index contributed by atoms with van der Waals surface area (Å²) in [5.41, 5.74) is -2.31. The number of alkyl halides is 3. The van der Waals surface area contributed by atoms with Crippen LogP contribution in [-0.2, 0) is 16.2 Å². The molecule has 0 amide bonds. The van der Waals surface area contributed by atoms with Crippen molar-refractivity contribution in [2.24, 2.45) is 0 Å². The maximum Gasteiger partial charge on any atom is 0.417 e. The van der Waals surface area contributed by atoms with Crippen molar-refractivity contribution in [3.63, 3.8) is 0 Å². The molecule has 0 fully saturated rings. The molecule has 3 aromatic rings. The van der Waals surface area contributed by atoms with Crippen LogP contribution in [0.3, 0.4) is 0 Å². The Morgan fingerprint density at radius 3 is 2.39 bits per heavy atom. The number of carbonyl (C=O) groups excluding carboxylic acids is 1. The van der Waals surface area contributed by atoms with E-state index in [0.29, 0.717) is 18.2 Å². The van der Waals surface area contributed by atoms with Gasteiger partial charge in [-0.05, 0) is 42.5 Å². The van der Waals surface area contributed by atoms with E-state index >= 15 is 0 Å². The molecule has 1 N–H and O–H groups in total. The molecule has 0 bridgehead atoms. The number of methoxy groups -OCH3 is 1. The van der Waals surface area contributed by atoms with Gasteiger partial charge in [-0.2, -0.15) is 13.2 Å². The van der Waals surface area contributed by atoms with E-state index in [2.05, 4.69) is 9.71 Å². The molecular weight excluding hydrogens is 511 g/mol. The molecule has 1 aromatic heterocycles. The van der Waals surface area contributed by atoms with Crippen LogP contribution >= 0.6 is 23.2 Å². The van der Waals surface area contributed by atoms with Gasteiger partial charge in [0, 0.05) is 6.20 Å². The van der Waals surface area contributed by atoms with Gasteiger partial charge in [0.25, 0.3) is 10.0 Å². The molecule has 0 saturated heterocycles. The van der Waals surface area contributed by atoms with Crippen molar-refractivity contribution in [3.05, 3.63) is 81.3 Å². The highest BCUT2D eigenvalue weighted by atomic mass is 35.5. The third kappa shape index (κ3) is 5.37. The van der Waals surface area contributed by atoms with Gasteiger partial charge in [-0.3, -0.25) is 9.52 Å². The summed E-state index contributed by atoms with van der Waals surface area (Å²) in [5, 5.41) is -0.892. The maximum absolute atomic E-state index is 13.7. The number of rotatable bonds is 6. The van der Waals surface area contributed by atoms with Gasteiger partial charge in [-0.25, -0.2) is 17.8 Å². The van der Waals surface area contributed by atoms with E-state index in [1.807, 2.05) is 0 Å². The largest absolute Gasteiger partial charge is 0.496 e. The quantitative estimate of drug-likeness (QED) is 0.337. The minimum atomic E-state index is -4.78. The zero-order chi connectivity index (χ0) is 24.6. The number of pyridine rings is 1. The number of halogens is 6. The number of nitrogens with zero attached hydrogens (tertiary/aromatic N) is 1. The number of ketones is 1. The number of aromatic nitrogens is 1. The second kappa shape index (κ2) is 9.16. The van der Waals surface area contributed by atoms with Crippen LogP contribution in [0.2, 0.25) is 10.0 Å². The Labute approximate surface area is 195 Å². The van der Waals surface area contributed by atoms with Gasteiger partial charge in [0.1, 0.15) is 17.3 Å². The fourth-order valence-electron chi connectivity index (χ4n) is 2.78. The predicted octanol–water partition coefficient (Wildman–Crippen LogP) is 5.59. The van der Waals surface area contributed by atoms with Crippen LogP contribution in [0.25, 0.3) is 0 Å². The van der Waals surface area contributed by atoms with E-state index in [0.717, 1.165) is 24.4 Å². The summed E-state index contributed by atoms with van der Waals surface area (Å²) in [6.07, 6.45) is -3.72. The number of ether oxygens (including phenoxy) is 1. The lowest BCUT2D eigenvalue weighted by Gasteiger charge is -2.14. The molecule has 0 radical (unpaired) electrons. The van der Waals surface area contributed by atoms with Crippen molar-refractivity contribution >= 4 is 44.7 Å². The van der Waals surface area contributed by atoms with E-state index in [-0.39, 0.29) is 16.3 Å². The topological polar surface area (TPSA) is 85.4 Å². The highest BCUT2D eigenvalue weighted by molar-refractivity contribution is 7.92. The lowest BCUT2D eigenvalue weighted by molar-refractivity contribution is -0.137. The molecule has 0 aliphatic heterocycles. The molecule has 2 aromatic carbocycles.